The summed E-state index contributed by atoms with van der Waals surface area (Å²) in [6, 6.07) is 18.5. The molecule has 0 unspecified atom stereocenters. The molecule has 2 aromatic carbocycles. The molecule has 5 nitrogen and oxygen atoms in total. The molecule has 3 rings (SSSR count). The zero-order valence-electron chi connectivity index (χ0n) is 13.2. The van der Waals surface area contributed by atoms with Gasteiger partial charge in [-0.2, -0.15) is 5.10 Å². The molecule has 25 heavy (non-hydrogen) atoms. The van der Waals surface area contributed by atoms with Crippen LogP contribution < -0.4 is 10.2 Å². The molecule has 0 radical (unpaired) electrons. The number of furan rings is 1. The monoisotopic (exact) mass is 398 g/mol. The molecule has 0 bridgehead atoms. The third-order valence-corrected chi connectivity index (χ3v) is 3.82. The number of rotatable bonds is 6. The Kier molecular flexibility index (Phi) is 5.64. The molecule has 0 saturated heterocycles. The number of halogens is 1. The Balaban J connectivity index is 1.70. The minimum Gasteiger partial charge on any atom is -0.488 e. The van der Waals surface area contributed by atoms with Gasteiger partial charge in [0.05, 0.1) is 18.0 Å². The van der Waals surface area contributed by atoms with Gasteiger partial charge in [-0.1, -0.05) is 46.3 Å². The molecule has 1 heterocycles. The van der Waals surface area contributed by atoms with Crippen LogP contribution in [0.4, 0.5) is 0 Å². The van der Waals surface area contributed by atoms with Crippen LogP contribution in [0.5, 0.6) is 5.75 Å². The molecule has 0 saturated carbocycles. The van der Waals surface area contributed by atoms with Gasteiger partial charge in [0.1, 0.15) is 18.1 Å². The van der Waals surface area contributed by atoms with E-state index in [1.165, 1.54) is 12.5 Å². The van der Waals surface area contributed by atoms with Gasteiger partial charge in [-0.05, 0) is 35.9 Å². The van der Waals surface area contributed by atoms with Crippen LogP contribution in [0.15, 0.2) is 80.9 Å². The molecule has 0 aliphatic carbocycles. The number of hydrazone groups is 1. The second-order valence-electron chi connectivity index (χ2n) is 5.13. The van der Waals surface area contributed by atoms with Crippen LogP contribution in [-0.4, -0.2) is 12.1 Å². The first-order valence-corrected chi connectivity index (χ1v) is 8.35. The number of carbonyl (C=O) groups is 1. The largest absolute Gasteiger partial charge is 0.488 e. The number of ether oxygens (including phenoxy) is 1. The van der Waals surface area contributed by atoms with Crippen LogP contribution in [0.25, 0.3) is 0 Å². The first-order chi connectivity index (χ1) is 12.2. The number of hydrogen-bond donors (Lipinski definition) is 1. The summed E-state index contributed by atoms with van der Waals surface area (Å²) in [5.41, 5.74) is 3.88. The molecule has 126 valence electrons. The predicted molar refractivity (Wildman–Crippen MR) is 98.7 cm³/mol. The zero-order valence-corrected chi connectivity index (χ0v) is 14.8. The van der Waals surface area contributed by atoms with Crippen molar-refractivity contribution in [3.8, 4) is 5.75 Å². The van der Waals surface area contributed by atoms with E-state index in [0.717, 1.165) is 10.0 Å². The molecule has 6 heteroatoms. The topological polar surface area (TPSA) is 63.8 Å². The Morgan fingerprint density at radius 2 is 2.00 bits per heavy atom. The highest BCUT2D eigenvalue weighted by Gasteiger charge is 2.13. The molecule has 0 atom stereocenters. The van der Waals surface area contributed by atoms with Crippen molar-refractivity contribution in [3.63, 3.8) is 0 Å². The van der Waals surface area contributed by atoms with Gasteiger partial charge in [-0.3, -0.25) is 4.79 Å². The maximum atomic E-state index is 12.4. The first-order valence-electron chi connectivity index (χ1n) is 7.55. The van der Waals surface area contributed by atoms with E-state index in [9.17, 15) is 4.79 Å². The highest BCUT2D eigenvalue weighted by Crippen LogP contribution is 2.24. The van der Waals surface area contributed by atoms with Crippen molar-refractivity contribution in [2.45, 2.75) is 6.61 Å². The Hall–Kier alpha value is -2.86. The maximum Gasteiger partial charge on any atom is 0.275 e. The Morgan fingerprint density at radius 1 is 1.16 bits per heavy atom. The number of hydrogen-bond acceptors (Lipinski definition) is 4. The smallest absolute Gasteiger partial charge is 0.275 e. The second kappa shape index (κ2) is 8.30. The third kappa shape index (κ3) is 4.81. The van der Waals surface area contributed by atoms with E-state index in [2.05, 4.69) is 26.5 Å². The van der Waals surface area contributed by atoms with E-state index in [-0.39, 0.29) is 5.91 Å². The number of amides is 1. The fraction of sp³-hybridized carbons (Fsp3) is 0.0526. The summed E-state index contributed by atoms with van der Waals surface area (Å²) in [6.07, 6.45) is 2.97. The number of nitrogens with zero attached hydrogens (tertiary/aromatic N) is 1. The van der Waals surface area contributed by atoms with Crippen molar-refractivity contribution < 1.29 is 13.9 Å². The lowest BCUT2D eigenvalue weighted by Crippen LogP contribution is -2.18. The zero-order chi connectivity index (χ0) is 17.5. The lowest BCUT2D eigenvalue weighted by atomic mass is 10.2. The predicted octanol–water partition coefficient (Wildman–Crippen LogP) is 4.39. The van der Waals surface area contributed by atoms with Crippen molar-refractivity contribution in [3.05, 3.63) is 88.3 Å². The van der Waals surface area contributed by atoms with E-state index in [1.807, 2.05) is 36.4 Å². The summed E-state index contributed by atoms with van der Waals surface area (Å²) in [5, 5.41) is 3.89. The van der Waals surface area contributed by atoms with Crippen molar-refractivity contribution in [1.82, 2.24) is 5.43 Å². The fourth-order valence-electron chi connectivity index (χ4n) is 2.12. The fourth-order valence-corrected chi connectivity index (χ4v) is 2.48. The van der Waals surface area contributed by atoms with Gasteiger partial charge in [0.15, 0.2) is 0 Å². The van der Waals surface area contributed by atoms with Crippen LogP contribution in [0.2, 0.25) is 0 Å². The van der Waals surface area contributed by atoms with E-state index in [4.69, 9.17) is 9.15 Å². The number of benzene rings is 2. The molecular formula is C19H15BrN2O3. The molecule has 0 spiro atoms. The van der Waals surface area contributed by atoms with E-state index in [0.29, 0.717) is 23.7 Å². The first kappa shape index (κ1) is 17.0. The van der Waals surface area contributed by atoms with Gasteiger partial charge in [0.25, 0.3) is 5.91 Å². The summed E-state index contributed by atoms with van der Waals surface area (Å²) in [5.74, 6) is 0.667. The lowest BCUT2D eigenvalue weighted by Gasteiger charge is -2.11. The Bertz CT molecular complexity index is 862. The number of carbonyl (C=O) groups excluding carboxylic acids is 1. The molecular weight excluding hydrogens is 384 g/mol. The van der Waals surface area contributed by atoms with Crippen molar-refractivity contribution in [2.75, 3.05) is 0 Å². The van der Waals surface area contributed by atoms with E-state index in [1.54, 1.807) is 24.3 Å². The average molecular weight is 399 g/mol. The van der Waals surface area contributed by atoms with Gasteiger partial charge >= 0.3 is 0 Å². The summed E-state index contributed by atoms with van der Waals surface area (Å²) in [7, 11) is 0. The van der Waals surface area contributed by atoms with Crippen LogP contribution in [-0.2, 0) is 6.61 Å². The normalized spacial score (nSPS) is 10.8. The molecule has 0 fully saturated rings. The van der Waals surface area contributed by atoms with E-state index >= 15 is 0 Å². The Labute approximate surface area is 153 Å². The summed E-state index contributed by atoms with van der Waals surface area (Å²) in [6.45, 7) is 0.373. The van der Waals surface area contributed by atoms with Crippen LogP contribution in [0.3, 0.4) is 0 Å². The number of nitrogens with one attached hydrogen (secondary N) is 1. The minimum absolute atomic E-state index is 0.368. The summed E-state index contributed by atoms with van der Waals surface area (Å²) in [4.78, 5) is 12.4. The average Bonchev–Trinajstić information content (AvgIpc) is 3.15. The van der Waals surface area contributed by atoms with Gasteiger partial charge < -0.3 is 9.15 Å². The van der Waals surface area contributed by atoms with E-state index < -0.39 is 0 Å². The molecule has 1 aromatic heterocycles. The minimum atomic E-state index is -0.368. The van der Waals surface area contributed by atoms with Crippen molar-refractivity contribution in [1.29, 1.82) is 0 Å². The van der Waals surface area contributed by atoms with Crippen molar-refractivity contribution >= 4 is 28.1 Å². The lowest BCUT2D eigenvalue weighted by molar-refractivity contribution is 0.0950. The summed E-state index contributed by atoms with van der Waals surface area (Å²) >= 11 is 3.37. The van der Waals surface area contributed by atoms with Crippen LogP contribution in [0, 0.1) is 0 Å². The molecule has 1 amide bonds. The maximum absolute atomic E-state index is 12.4. The van der Waals surface area contributed by atoms with Crippen molar-refractivity contribution in [2.24, 2.45) is 5.10 Å². The summed E-state index contributed by atoms with van der Waals surface area (Å²) < 4.78 is 11.7. The van der Waals surface area contributed by atoms with Gasteiger partial charge in [0.2, 0.25) is 0 Å². The van der Waals surface area contributed by atoms with Gasteiger partial charge in [-0.25, -0.2) is 5.43 Å². The second-order valence-corrected chi connectivity index (χ2v) is 6.04. The SMILES string of the molecule is O=C(N/N=C\c1ccco1)c1cc(Br)ccc1OCc1ccccc1. The molecule has 0 aliphatic rings. The third-order valence-electron chi connectivity index (χ3n) is 3.32. The Morgan fingerprint density at radius 3 is 2.76 bits per heavy atom. The standard InChI is InChI=1S/C19H15BrN2O3/c20-15-8-9-18(25-13-14-5-2-1-3-6-14)17(11-15)19(23)22-21-12-16-7-4-10-24-16/h1-12H,13H2,(H,22,23)/b21-12-. The molecule has 0 aliphatic heterocycles. The van der Waals surface area contributed by atoms with Crippen LogP contribution in [0.1, 0.15) is 21.7 Å². The van der Waals surface area contributed by atoms with Gasteiger partial charge in [0, 0.05) is 4.47 Å². The van der Waals surface area contributed by atoms with Gasteiger partial charge in [-0.15, -0.1) is 0 Å². The highest BCUT2D eigenvalue weighted by molar-refractivity contribution is 9.10. The quantitative estimate of drug-likeness (QED) is 0.494. The van der Waals surface area contributed by atoms with Crippen LogP contribution >= 0.6 is 15.9 Å². The highest BCUT2D eigenvalue weighted by atomic mass is 79.9. The molecule has 3 aromatic rings. The molecule has 1 N–H and O–H groups in total.